The van der Waals surface area contributed by atoms with Crippen LogP contribution >= 0.6 is 0 Å². The second-order valence-corrected chi connectivity index (χ2v) is 4.72. The molecule has 0 radical (unpaired) electrons. The van der Waals surface area contributed by atoms with E-state index in [-0.39, 0.29) is 0 Å². The molecule has 0 bridgehead atoms. The summed E-state index contributed by atoms with van der Waals surface area (Å²) in [6, 6.07) is 6.26. The van der Waals surface area contributed by atoms with E-state index in [1.165, 1.54) is 7.11 Å². The van der Waals surface area contributed by atoms with Gasteiger partial charge in [-0.15, -0.1) is 0 Å². The van der Waals surface area contributed by atoms with E-state index in [0.29, 0.717) is 17.8 Å². The van der Waals surface area contributed by atoms with Crippen LogP contribution in [-0.2, 0) is 18.3 Å². The quantitative estimate of drug-likeness (QED) is 0.844. The molecular weight excluding hydrogens is 284 g/mol. The molecule has 7 heteroatoms. The number of hydrogen-bond donors (Lipinski definition) is 2. The van der Waals surface area contributed by atoms with Gasteiger partial charge in [-0.25, -0.2) is 9.59 Å². The number of methoxy groups -OCH3 is 1. The van der Waals surface area contributed by atoms with Crippen molar-refractivity contribution in [1.82, 2.24) is 15.1 Å². The number of para-hydroxylation sites is 1. The van der Waals surface area contributed by atoms with Gasteiger partial charge < -0.3 is 15.4 Å². The smallest absolute Gasteiger partial charge is 0.339 e. The third-order valence-electron chi connectivity index (χ3n) is 3.36. The average Bonchev–Trinajstić information content (AvgIpc) is 2.84. The Balaban J connectivity index is 2.01. The lowest BCUT2D eigenvalue weighted by molar-refractivity contribution is 0.0602. The first-order valence-corrected chi connectivity index (χ1v) is 6.72. The van der Waals surface area contributed by atoms with E-state index in [1.54, 1.807) is 35.1 Å². The first-order valence-electron chi connectivity index (χ1n) is 6.72. The number of urea groups is 1. The van der Waals surface area contributed by atoms with Crippen LogP contribution in [0.25, 0.3) is 0 Å². The highest BCUT2D eigenvalue weighted by atomic mass is 16.5. The maximum absolute atomic E-state index is 12.0. The third kappa shape index (κ3) is 3.43. The molecule has 0 spiro atoms. The fraction of sp³-hybridized carbons (Fsp3) is 0.267. The SMILES string of the molecule is COC(=O)c1ccccc1NC(=O)NCc1cnn(C)c1C. The molecule has 1 heterocycles. The van der Waals surface area contributed by atoms with Crippen LogP contribution in [0.2, 0.25) is 0 Å². The van der Waals surface area contributed by atoms with E-state index >= 15 is 0 Å². The summed E-state index contributed by atoms with van der Waals surface area (Å²) < 4.78 is 6.42. The fourth-order valence-electron chi connectivity index (χ4n) is 1.94. The van der Waals surface area contributed by atoms with Gasteiger partial charge in [0, 0.05) is 24.8 Å². The maximum Gasteiger partial charge on any atom is 0.339 e. The Bertz CT molecular complexity index is 694. The van der Waals surface area contributed by atoms with Crippen LogP contribution in [0.3, 0.4) is 0 Å². The van der Waals surface area contributed by atoms with Gasteiger partial charge in [-0.1, -0.05) is 12.1 Å². The van der Waals surface area contributed by atoms with Crippen LogP contribution in [0.1, 0.15) is 21.6 Å². The number of aryl methyl sites for hydroxylation is 1. The number of carbonyl (C=O) groups is 2. The van der Waals surface area contributed by atoms with Crippen molar-refractivity contribution in [2.75, 3.05) is 12.4 Å². The highest BCUT2D eigenvalue weighted by Crippen LogP contribution is 2.15. The summed E-state index contributed by atoms with van der Waals surface area (Å²) >= 11 is 0. The van der Waals surface area contributed by atoms with Gasteiger partial charge in [-0.3, -0.25) is 4.68 Å². The molecule has 2 rings (SSSR count). The second kappa shape index (κ2) is 6.75. The lowest BCUT2D eigenvalue weighted by atomic mass is 10.2. The number of benzene rings is 1. The Morgan fingerprint density at radius 3 is 2.68 bits per heavy atom. The molecular formula is C15H18N4O3. The molecule has 22 heavy (non-hydrogen) atoms. The summed E-state index contributed by atoms with van der Waals surface area (Å²) in [4.78, 5) is 23.6. The molecule has 0 aliphatic rings. The van der Waals surface area contributed by atoms with Gasteiger partial charge in [0.2, 0.25) is 0 Å². The average molecular weight is 302 g/mol. The predicted octanol–water partition coefficient (Wildman–Crippen LogP) is 1.84. The van der Waals surface area contributed by atoms with Gasteiger partial charge in [0.25, 0.3) is 0 Å². The molecule has 0 unspecified atom stereocenters. The minimum absolute atomic E-state index is 0.303. The lowest BCUT2D eigenvalue weighted by Gasteiger charge is -2.10. The normalized spacial score (nSPS) is 10.1. The first-order chi connectivity index (χ1) is 10.5. The standard InChI is InChI=1S/C15H18N4O3/c1-10-11(9-17-19(10)2)8-16-15(21)18-13-7-5-4-6-12(13)14(20)22-3/h4-7,9H,8H2,1-3H3,(H2,16,18,21). The highest BCUT2D eigenvalue weighted by molar-refractivity contribution is 6.00. The number of aromatic nitrogens is 2. The summed E-state index contributed by atoms with van der Waals surface area (Å²) in [6.45, 7) is 2.28. The molecule has 0 saturated heterocycles. The number of anilines is 1. The topological polar surface area (TPSA) is 85.2 Å². The molecule has 2 N–H and O–H groups in total. The summed E-state index contributed by atoms with van der Waals surface area (Å²) in [7, 11) is 3.13. The monoisotopic (exact) mass is 302 g/mol. The van der Waals surface area contributed by atoms with Gasteiger partial charge >= 0.3 is 12.0 Å². The Hall–Kier alpha value is -2.83. The van der Waals surface area contributed by atoms with Crippen molar-refractivity contribution in [3.05, 3.63) is 47.3 Å². The largest absolute Gasteiger partial charge is 0.465 e. The van der Waals surface area contributed by atoms with Crippen LogP contribution in [0.4, 0.5) is 10.5 Å². The number of nitrogens with one attached hydrogen (secondary N) is 2. The highest BCUT2D eigenvalue weighted by Gasteiger charge is 2.13. The molecule has 0 saturated carbocycles. The summed E-state index contributed by atoms with van der Waals surface area (Å²) in [5.74, 6) is -0.501. The van der Waals surface area contributed by atoms with Gasteiger partial charge in [-0.2, -0.15) is 5.10 Å². The zero-order chi connectivity index (χ0) is 16.1. The summed E-state index contributed by atoms with van der Waals surface area (Å²) in [5.41, 5.74) is 2.61. The van der Waals surface area contributed by atoms with Crippen molar-refractivity contribution in [1.29, 1.82) is 0 Å². The number of carbonyl (C=O) groups excluding carboxylic acids is 2. The van der Waals surface area contributed by atoms with Gasteiger partial charge in [0.05, 0.1) is 24.6 Å². The zero-order valence-corrected chi connectivity index (χ0v) is 12.7. The molecule has 1 aromatic carbocycles. The molecule has 0 fully saturated rings. The van der Waals surface area contributed by atoms with E-state index in [9.17, 15) is 9.59 Å². The van der Waals surface area contributed by atoms with Crippen LogP contribution in [-0.4, -0.2) is 28.9 Å². The maximum atomic E-state index is 12.0. The number of amides is 2. The molecule has 1 aromatic heterocycles. The van der Waals surface area contributed by atoms with E-state index in [2.05, 4.69) is 20.5 Å². The van der Waals surface area contributed by atoms with Crippen molar-refractivity contribution in [2.24, 2.45) is 7.05 Å². The minimum atomic E-state index is -0.501. The fourth-order valence-corrected chi connectivity index (χ4v) is 1.94. The lowest BCUT2D eigenvalue weighted by Crippen LogP contribution is -2.29. The third-order valence-corrected chi connectivity index (χ3v) is 3.36. The minimum Gasteiger partial charge on any atom is -0.465 e. The Labute approximate surface area is 128 Å². The van der Waals surface area contributed by atoms with Crippen LogP contribution < -0.4 is 10.6 Å². The van der Waals surface area contributed by atoms with Gasteiger partial charge in [-0.05, 0) is 19.1 Å². The van der Waals surface area contributed by atoms with Crippen molar-refractivity contribution in [3.63, 3.8) is 0 Å². The van der Waals surface area contributed by atoms with E-state index in [0.717, 1.165) is 11.3 Å². The van der Waals surface area contributed by atoms with Crippen LogP contribution in [0.15, 0.2) is 30.5 Å². The molecule has 116 valence electrons. The number of esters is 1. The first kappa shape index (κ1) is 15.6. The molecule has 7 nitrogen and oxygen atoms in total. The van der Waals surface area contributed by atoms with Crippen molar-refractivity contribution in [2.45, 2.75) is 13.5 Å². The molecule has 0 atom stereocenters. The predicted molar refractivity (Wildman–Crippen MR) is 81.6 cm³/mol. The molecule has 2 amide bonds. The van der Waals surface area contributed by atoms with Gasteiger partial charge in [0.15, 0.2) is 0 Å². The second-order valence-electron chi connectivity index (χ2n) is 4.72. The molecule has 0 aliphatic carbocycles. The zero-order valence-electron chi connectivity index (χ0n) is 12.7. The van der Waals surface area contributed by atoms with Crippen molar-refractivity contribution >= 4 is 17.7 Å². The van der Waals surface area contributed by atoms with Gasteiger partial charge in [0.1, 0.15) is 0 Å². The number of nitrogens with zero attached hydrogens (tertiary/aromatic N) is 2. The summed E-state index contributed by atoms with van der Waals surface area (Å²) in [6.07, 6.45) is 1.71. The van der Waals surface area contributed by atoms with Crippen LogP contribution in [0, 0.1) is 6.92 Å². The van der Waals surface area contributed by atoms with Crippen LogP contribution in [0.5, 0.6) is 0 Å². The van der Waals surface area contributed by atoms with E-state index < -0.39 is 12.0 Å². The number of rotatable bonds is 4. The van der Waals surface area contributed by atoms with Crippen molar-refractivity contribution in [3.8, 4) is 0 Å². The number of ether oxygens (including phenoxy) is 1. The number of hydrogen-bond acceptors (Lipinski definition) is 4. The molecule has 2 aromatic rings. The molecule has 0 aliphatic heterocycles. The Morgan fingerprint density at radius 2 is 2.05 bits per heavy atom. The summed E-state index contributed by atoms with van der Waals surface area (Å²) in [5, 5.41) is 9.48. The van der Waals surface area contributed by atoms with E-state index in [1.807, 2.05) is 14.0 Å². The van der Waals surface area contributed by atoms with E-state index in [4.69, 9.17) is 0 Å². The Kier molecular flexibility index (Phi) is 4.77. The Morgan fingerprint density at radius 1 is 1.32 bits per heavy atom. The van der Waals surface area contributed by atoms with Crippen molar-refractivity contribution < 1.29 is 14.3 Å².